The first kappa shape index (κ1) is 20.7. The van der Waals surface area contributed by atoms with E-state index in [-0.39, 0.29) is 11.9 Å². The van der Waals surface area contributed by atoms with Crippen molar-refractivity contribution in [2.75, 3.05) is 20.8 Å². The van der Waals surface area contributed by atoms with Crippen LogP contribution in [0.5, 0.6) is 11.5 Å². The summed E-state index contributed by atoms with van der Waals surface area (Å²) in [5.41, 5.74) is 2.33. The van der Waals surface area contributed by atoms with Gasteiger partial charge in [-0.15, -0.1) is 0 Å². The Morgan fingerprint density at radius 2 is 1.86 bits per heavy atom. The highest BCUT2D eigenvalue weighted by atomic mass is 79.9. The minimum Gasteiger partial charge on any atom is -0.497 e. The number of hydrogen-bond donors (Lipinski definition) is 0. The molecule has 2 aromatic rings. The van der Waals surface area contributed by atoms with Gasteiger partial charge in [0, 0.05) is 13.0 Å². The van der Waals surface area contributed by atoms with Crippen LogP contribution in [0.15, 0.2) is 46.9 Å². The van der Waals surface area contributed by atoms with Gasteiger partial charge in [-0.1, -0.05) is 31.0 Å². The number of amides is 1. The fraction of sp³-hybridized carbons (Fsp3) is 0.435. The molecule has 3 rings (SSSR count). The van der Waals surface area contributed by atoms with Gasteiger partial charge in [-0.3, -0.25) is 4.79 Å². The molecule has 1 fully saturated rings. The Kier molecular flexibility index (Phi) is 7.37. The second-order valence-corrected chi connectivity index (χ2v) is 8.05. The van der Waals surface area contributed by atoms with Crippen molar-refractivity contribution in [3.05, 3.63) is 58.1 Å². The van der Waals surface area contributed by atoms with E-state index in [2.05, 4.69) is 33.0 Å². The van der Waals surface area contributed by atoms with Crippen LogP contribution in [0.3, 0.4) is 0 Å². The fourth-order valence-corrected chi connectivity index (χ4v) is 4.43. The predicted molar refractivity (Wildman–Crippen MR) is 115 cm³/mol. The summed E-state index contributed by atoms with van der Waals surface area (Å²) in [7, 11) is 3.33. The lowest BCUT2D eigenvalue weighted by Crippen LogP contribution is -2.35. The van der Waals surface area contributed by atoms with Crippen molar-refractivity contribution in [2.45, 2.75) is 44.6 Å². The van der Waals surface area contributed by atoms with Gasteiger partial charge in [0.25, 0.3) is 0 Å². The lowest BCUT2D eigenvalue weighted by atomic mass is 10.00. The average molecular weight is 446 g/mol. The summed E-state index contributed by atoms with van der Waals surface area (Å²) in [6.07, 6.45) is 5.69. The number of ether oxygens (including phenoxy) is 2. The summed E-state index contributed by atoms with van der Waals surface area (Å²) >= 11 is 3.52. The number of halogens is 1. The summed E-state index contributed by atoms with van der Waals surface area (Å²) in [4.78, 5) is 15.2. The van der Waals surface area contributed by atoms with Crippen molar-refractivity contribution < 1.29 is 14.3 Å². The molecule has 2 aromatic carbocycles. The molecule has 0 spiro atoms. The molecule has 1 aliphatic rings. The Hall–Kier alpha value is -2.01. The maximum absolute atomic E-state index is 13.1. The second kappa shape index (κ2) is 9.97. The van der Waals surface area contributed by atoms with Crippen LogP contribution < -0.4 is 9.47 Å². The highest BCUT2D eigenvalue weighted by Crippen LogP contribution is 2.32. The summed E-state index contributed by atoms with van der Waals surface area (Å²) in [5, 5.41) is 0. The molecule has 1 aliphatic heterocycles. The number of likely N-dealkylation sites (tertiary alicyclic amines) is 1. The quantitative estimate of drug-likeness (QED) is 0.585. The van der Waals surface area contributed by atoms with Crippen LogP contribution in [-0.2, 0) is 11.2 Å². The van der Waals surface area contributed by atoms with Crippen LogP contribution >= 0.6 is 15.9 Å². The molecule has 28 heavy (non-hydrogen) atoms. The van der Waals surface area contributed by atoms with Crippen molar-refractivity contribution in [3.8, 4) is 11.5 Å². The molecular formula is C23H28BrNO3. The van der Waals surface area contributed by atoms with E-state index in [4.69, 9.17) is 9.47 Å². The molecule has 0 N–H and O–H groups in total. The Labute approximate surface area is 176 Å². The zero-order valence-corrected chi connectivity index (χ0v) is 18.2. The van der Waals surface area contributed by atoms with Crippen LogP contribution in [-0.4, -0.2) is 31.6 Å². The second-order valence-electron chi connectivity index (χ2n) is 7.19. The third kappa shape index (κ3) is 5.07. The van der Waals surface area contributed by atoms with Crippen molar-refractivity contribution >= 4 is 21.8 Å². The van der Waals surface area contributed by atoms with Gasteiger partial charge in [0.05, 0.1) is 24.7 Å². The van der Waals surface area contributed by atoms with E-state index in [0.29, 0.717) is 6.42 Å². The van der Waals surface area contributed by atoms with Gasteiger partial charge in [-0.05, 0) is 70.6 Å². The van der Waals surface area contributed by atoms with Crippen LogP contribution in [0, 0.1) is 0 Å². The maximum Gasteiger partial charge on any atom is 0.223 e. The molecule has 0 radical (unpaired) electrons. The minimum absolute atomic E-state index is 0.156. The van der Waals surface area contributed by atoms with Gasteiger partial charge in [-0.25, -0.2) is 0 Å². The number of methoxy groups -OCH3 is 2. The summed E-state index contributed by atoms with van der Waals surface area (Å²) in [6, 6.07) is 14.3. The van der Waals surface area contributed by atoms with Crippen molar-refractivity contribution in [2.24, 2.45) is 0 Å². The smallest absolute Gasteiger partial charge is 0.223 e. The predicted octanol–water partition coefficient (Wildman–Crippen LogP) is 5.54. The van der Waals surface area contributed by atoms with Crippen molar-refractivity contribution in [1.82, 2.24) is 4.90 Å². The molecule has 1 amide bonds. The summed E-state index contributed by atoms with van der Waals surface area (Å²) < 4.78 is 11.5. The van der Waals surface area contributed by atoms with Gasteiger partial charge in [0.1, 0.15) is 11.5 Å². The van der Waals surface area contributed by atoms with Gasteiger partial charge in [0.15, 0.2) is 0 Å². The molecule has 5 heteroatoms. The molecule has 0 aromatic heterocycles. The largest absolute Gasteiger partial charge is 0.497 e. The van der Waals surface area contributed by atoms with Gasteiger partial charge in [0.2, 0.25) is 5.91 Å². The molecule has 0 saturated carbocycles. The Morgan fingerprint density at radius 3 is 2.54 bits per heavy atom. The van der Waals surface area contributed by atoms with E-state index >= 15 is 0 Å². The normalized spacial score (nSPS) is 17.1. The monoisotopic (exact) mass is 445 g/mol. The Bertz CT molecular complexity index is 791. The number of benzene rings is 2. The highest BCUT2D eigenvalue weighted by Gasteiger charge is 2.26. The van der Waals surface area contributed by atoms with Crippen LogP contribution in [0.1, 0.15) is 49.3 Å². The molecule has 1 unspecified atom stereocenters. The third-order valence-electron chi connectivity index (χ3n) is 5.42. The van der Waals surface area contributed by atoms with E-state index < -0.39 is 0 Å². The van der Waals surface area contributed by atoms with E-state index in [1.54, 1.807) is 14.2 Å². The van der Waals surface area contributed by atoms with Gasteiger partial charge < -0.3 is 14.4 Å². The third-order valence-corrected chi connectivity index (χ3v) is 6.04. The molecule has 1 atom stereocenters. The Morgan fingerprint density at radius 1 is 1.07 bits per heavy atom. The SMILES string of the molecule is COc1ccc(C2CCCCCN2C(=O)CCc2ccc(OC)c(Br)c2)cc1. The molecule has 4 nitrogen and oxygen atoms in total. The minimum atomic E-state index is 0.156. The number of nitrogens with zero attached hydrogens (tertiary/aromatic N) is 1. The number of rotatable bonds is 6. The first-order valence-corrected chi connectivity index (χ1v) is 10.7. The van der Waals surface area contributed by atoms with Crippen LogP contribution in [0.4, 0.5) is 0 Å². The van der Waals surface area contributed by atoms with Crippen LogP contribution in [0.2, 0.25) is 0 Å². The van der Waals surface area contributed by atoms with E-state index in [9.17, 15) is 4.79 Å². The molecule has 150 valence electrons. The van der Waals surface area contributed by atoms with E-state index in [0.717, 1.165) is 53.8 Å². The van der Waals surface area contributed by atoms with Crippen molar-refractivity contribution in [1.29, 1.82) is 0 Å². The van der Waals surface area contributed by atoms with Crippen molar-refractivity contribution in [3.63, 3.8) is 0 Å². The highest BCUT2D eigenvalue weighted by molar-refractivity contribution is 9.10. The molecule has 0 bridgehead atoms. The Balaban J connectivity index is 1.70. The van der Waals surface area contributed by atoms with Crippen LogP contribution in [0.25, 0.3) is 0 Å². The molecule has 0 aliphatic carbocycles. The zero-order valence-electron chi connectivity index (χ0n) is 16.6. The average Bonchev–Trinajstić information content (AvgIpc) is 2.98. The number of hydrogen-bond acceptors (Lipinski definition) is 3. The topological polar surface area (TPSA) is 38.8 Å². The molecule has 1 saturated heterocycles. The summed E-state index contributed by atoms with van der Waals surface area (Å²) in [6.45, 7) is 0.835. The molecule has 1 heterocycles. The van der Waals surface area contributed by atoms with Gasteiger partial charge >= 0.3 is 0 Å². The summed E-state index contributed by atoms with van der Waals surface area (Å²) in [5.74, 6) is 1.89. The molecular weight excluding hydrogens is 418 g/mol. The maximum atomic E-state index is 13.1. The fourth-order valence-electron chi connectivity index (χ4n) is 3.84. The first-order valence-electron chi connectivity index (χ1n) is 9.88. The van der Waals surface area contributed by atoms with E-state index in [1.165, 1.54) is 12.0 Å². The lowest BCUT2D eigenvalue weighted by Gasteiger charge is -2.31. The van der Waals surface area contributed by atoms with E-state index in [1.807, 2.05) is 30.3 Å². The number of aryl methyl sites for hydroxylation is 1. The number of carbonyl (C=O) groups excluding carboxylic acids is 1. The lowest BCUT2D eigenvalue weighted by molar-refractivity contribution is -0.133. The number of carbonyl (C=O) groups is 1. The zero-order chi connectivity index (χ0) is 19.9. The van der Waals surface area contributed by atoms with Gasteiger partial charge in [-0.2, -0.15) is 0 Å². The standard InChI is InChI=1S/C23H28BrNO3/c1-27-19-11-9-18(10-12-19)21-6-4-3-5-15-25(21)23(26)14-8-17-7-13-22(28-2)20(24)16-17/h7,9-13,16,21H,3-6,8,14-15H2,1-2H3. The first-order chi connectivity index (χ1) is 13.6.